The minimum atomic E-state index is -1.31. The van der Waals surface area contributed by atoms with Crippen molar-refractivity contribution in [2.75, 3.05) is 20.8 Å². The molecule has 1 fully saturated rings. The molecule has 3 N–H and O–H groups in total. The summed E-state index contributed by atoms with van der Waals surface area (Å²) < 4.78 is 24.8. The molecule has 0 radical (unpaired) electrons. The summed E-state index contributed by atoms with van der Waals surface area (Å²) in [5.74, 6) is -0.865. The smallest absolute Gasteiger partial charge is 0.330 e. The number of aromatic amines is 1. The van der Waals surface area contributed by atoms with Crippen LogP contribution in [0.5, 0.6) is 11.5 Å². The monoisotopic (exact) mass is 588 g/mol. The van der Waals surface area contributed by atoms with E-state index in [2.05, 4.69) is 4.98 Å². The zero-order valence-electron chi connectivity index (χ0n) is 23.6. The molecular weight excluding hydrogens is 556 g/mol. The van der Waals surface area contributed by atoms with Crippen LogP contribution in [0.3, 0.4) is 0 Å². The van der Waals surface area contributed by atoms with Gasteiger partial charge in [0, 0.05) is 18.2 Å². The van der Waals surface area contributed by atoms with E-state index in [-0.39, 0.29) is 6.61 Å². The number of benzene rings is 3. The number of ether oxygens (including phenoxy) is 4. The van der Waals surface area contributed by atoms with Gasteiger partial charge in [-0.2, -0.15) is 0 Å². The van der Waals surface area contributed by atoms with Gasteiger partial charge in [0.1, 0.15) is 29.4 Å². The maximum absolute atomic E-state index is 12.6. The van der Waals surface area contributed by atoms with E-state index in [0.29, 0.717) is 11.5 Å². The molecule has 3 aromatic carbocycles. The third kappa shape index (κ3) is 5.96. The van der Waals surface area contributed by atoms with Crippen molar-refractivity contribution in [2.24, 2.45) is 5.92 Å². The normalized spacial score (nSPS) is 20.1. The molecule has 11 nitrogen and oxygen atoms in total. The van der Waals surface area contributed by atoms with Gasteiger partial charge in [-0.1, -0.05) is 54.6 Å². The molecule has 2 heterocycles. The first-order chi connectivity index (χ1) is 20.8. The Balaban J connectivity index is 1.58. The number of carboxylic acids is 1. The molecule has 0 aliphatic carbocycles. The number of carbonyl (C=O) groups is 1. The van der Waals surface area contributed by atoms with Crippen molar-refractivity contribution in [3.05, 3.63) is 129 Å². The summed E-state index contributed by atoms with van der Waals surface area (Å²) in [6.07, 6.45) is -2.74. The molecule has 0 spiro atoms. The van der Waals surface area contributed by atoms with Gasteiger partial charge >= 0.3 is 11.7 Å². The van der Waals surface area contributed by atoms with Gasteiger partial charge in [-0.25, -0.2) is 4.79 Å². The molecule has 0 bridgehead atoms. The van der Waals surface area contributed by atoms with Crippen molar-refractivity contribution in [1.82, 2.24) is 9.55 Å². The number of hydrogen-bond donors (Lipinski definition) is 3. The summed E-state index contributed by atoms with van der Waals surface area (Å²) in [5.41, 5.74) is -0.301. The predicted octanol–water partition coefficient (Wildman–Crippen LogP) is 2.91. The molecule has 0 amide bonds. The van der Waals surface area contributed by atoms with E-state index in [9.17, 15) is 24.6 Å². The van der Waals surface area contributed by atoms with Crippen LogP contribution in [0.15, 0.2) is 101 Å². The van der Waals surface area contributed by atoms with Crippen LogP contribution in [-0.4, -0.2) is 58.8 Å². The van der Waals surface area contributed by atoms with Crippen LogP contribution in [0.1, 0.15) is 29.3 Å². The van der Waals surface area contributed by atoms with Crippen molar-refractivity contribution in [1.29, 1.82) is 0 Å². The molecule has 1 aromatic heterocycles. The van der Waals surface area contributed by atoms with E-state index in [0.717, 1.165) is 27.3 Å². The van der Waals surface area contributed by atoms with Crippen molar-refractivity contribution >= 4 is 5.97 Å². The minimum Gasteiger partial charge on any atom is -0.497 e. The van der Waals surface area contributed by atoms with E-state index in [1.807, 2.05) is 78.9 Å². The van der Waals surface area contributed by atoms with Crippen molar-refractivity contribution < 1.29 is 34.0 Å². The van der Waals surface area contributed by atoms with E-state index >= 15 is 0 Å². The molecule has 224 valence electrons. The molecule has 1 aliphatic heterocycles. The van der Waals surface area contributed by atoms with Crippen molar-refractivity contribution in [2.45, 2.75) is 30.5 Å². The molecule has 1 unspecified atom stereocenters. The summed E-state index contributed by atoms with van der Waals surface area (Å²) >= 11 is 0. The first-order valence-corrected chi connectivity index (χ1v) is 13.6. The number of rotatable bonds is 11. The number of aliphatic hydroxyl groups excluding tert-OH is 1. The van der Waals surface area contributed by atoms with Crippen LogP contribution in [0, 0.1) is 5.92 Å². The highest BCUT2D eigenvalue weighted by molar-refractivity contribution is 5.67. The summed E-state index contributed by atoms with van der Waals surface area (Å²) in [6.45, 7) is -0.182. The molecular formula is C32H32N2O9. The van der Waals surface area contributed by atoms with Crippen molar-refractivity contribution in [3.8, 4) is 11.5 Å². The van der Waals surface area contributed by atoms with E-state index in [1.54, 1.807) is 14.2 Å². The first kappa shape index (κ1) is 29.8. The standard InChI is InChI=1S/C32H32N2O9/c1-40-23-12-8-21(9-13-23)32(20-6-4-3-5-7-20,22-10-14-24(41-2)15-11-22)42-19-26-29(38)25(18-28(36)37)30(43-26)34-17-16-27(35)33-31(34)39/h3-17,25-26,29-30,38H,18-19H2,1-2H3,(H,36,37)(H,33,35,39)/t25-,26-,29?,30-/m1/s1. The number of aliphatic carboxylic acids is 1. The Morgan fingerprint density at radius 1 is 0.884 bits per heavy atom. The third-order valence-corrected chi connectivity index (χ3v) is 7.67. The van der Waals surface area contributed by atoms with Gasteiger partial charge in [0.25, 0.3) is 5.56 Å². The number of nitrogens with zero attached hydrogens (tertiary/aromatic N) is 1. The molecule has 1 saturated heterocycles. The molecule has 5 rings (SSSR count). The SMILES string of the molecule is COc1ccc(C(OC[C@H]2O[C@@H](n3ccc(=O)[nH]c3=O)[C@H](CC(=O)O)C2O)(c2ccccc2)c2ccc(OC)cc2)cc1. The van der Waals surface area contributed by atoms with Crippen LogP contribution in [-0.2, 0) is 19.9 Å². The number of nitrogens with one attached hydrogen (secondary N) is 1. The zero-order chi connectivity index (χ0) is 30.6. The number of aromatic nitrogens is 2. The van der Waals surface area contributed by atoms with Gasteiger partial charge in [0.2, 0.25) is 0 Å². The van der Waals surface area contributed by atoms with E-state index in [1.165, 1.54) is 6.20 Å². The fourth-order valence-corrected chi connectivity index (χ4v) is 5.55. The lowest BCUT2D eigenvalue weighted by molar-refractivity contribution is -0.139. The highest BCUT2D eigenvalue weighted by Gasteiger charge is 2.48. The Morgan fingerprint density at radius 2 is 1.44 bits per heavy atom. The fraction of sp³-hybridized carbons (Fsp3) is 0.281. The second kappa shape index (κ2) is 12.7. The Hall–Kier alpha value is -4.71. The first-order valence-electron chi connectivity index (χ1n) is 13.6. The summed E-state index contributed by atoms with van der Waals surface area (Å²) in [7, 11) is 3.16. The lowest BCUT2D eigenvalue weighted by Crippen LogP contribution is -2.39. The summed E-state index contributed by atoms with van der Waals surface area (Å²) in [5, 5.41) is 20.9. The van der Waals surface area contributed by atoms with Gasteiger partial charge in [-0.05, 0) is 41.0 Å². The lowest BCUT2D eigenvalue weighted by atomic mass is 9.80. The zero-order valence-corrected chi connectivity index (χ0v) is 23.6. The highest BCUT2D eigenvalue weighted by atomic mass is 16.6. The second-order valence-electron chi connectivity index (χ2n) is 10.2. The number of methoxy groups -OCH3 is 2. The highest BCUT2D eigenvalue weighted by Crippen LogP contribution is 2.43. The summed E-state index contributed by atoms with van der Waals surface area (Å²) in [4.78, 5) is 38.1. The molecule has 43 heavy (non-hydrogen) atoms. The minimum absolute atomic E-state index is 0.182. The van der Waals surface area contributed by atoms with Gasteiger partial charge < -0.3 is 29.2 Å². The number of hydrogen-bond acceptors (Lipinski definition) is 8. The molecule has 11 heteroatoms. The van der Waals surface area contributed by atoms with E-state index in [4.69, 9.17) is 18.9 Å². The average molecular weight is 589 g/mol. The maximum atomic E-state index is 12.6. The molecule has 4 aromatic rings. The van der Waals surface area contributed by atoms with E-state index < -0.39 is 53.6 Å². The molecule has 0 saturated carbocycles. The lowest BCUT2D eigenvalue weighted by Gasteiger charge is -2.37. The van der Waals surface area contributed by atoms with Gasteiger partial charge in [0.15, 0.2) is 0 Å². The van der Waals surface area contributed by atoms with Crippen LogP contribution in [0.2, 0.25) is 0 Å². The third-order valence-electron chi connectivity index (χ3n) is 7.67. The maximum Gasteiger partial charge on any atom is 0.330 e. The molecule has 1 aliphatic rings. The quantitative estimate of drug-likeness (QED) is 0.225. The van der Waals surface area contributed by atoms with Gasteiger partial charge in [-0.15, -0.1) is 0 Å². The van der Waals surface area contributed by atoms with Gasteiger partial charge in [0.05, 0.1) is 33.4 Å². The van der Waals surface area contributed by atoms with Crippen LogP contribution >= 0.6 is 0 Å². The van der Waals surface area contributed by atoms with Crippen molar-refractivity contribution in [3.63, 3.8) is 0 Å². The second-order valence-corrected chi connectivity index (χ2v) is 10.2. The Morgan fingerprint density at radius 3 is 1.95 bits per heavy atom. The fourth-order valence-electron chi connectivity index (χ4n) is 5.55. The number of carboxylic acid groups (broad SMARTS) is 1. The Bertz CT molecular complexity index is 1600. The largest absolute Gasteiger partial charge is 0.497 e. The predicted molar refractivity (Wildman–Crippen MR) is 155 cm³/mol. The number of aliphatic hydroxyl groups is 1. The van der Waals surface area contributed by atoms with Crippen LogP contribution < -0.4 is 20.7 Å². The Labute approximate surface area is 246 Å². The summed E-state index contributed by atoms with van der Waals surface area (Å²) in [6, 6.07) is 25.5. The number of H-pyrrole nitrogens is 1. The van der Waals surface area contributed by atoms with Crippen LogP contribution in [0.4, 0.5) is 0 Å². The molecule has 4 atom stereocenters. The average Bonchev–Trinajstić information content (AvgIpc) is 3.32. The Kier molecular flexibility index (Phi) is 8.76. The topological polar surface area (TPSA) is 149 Å². The van der Waals surface area contributed by atoms with Gasteiger partial charge in [-0.3, -0.25) is 19.1 Å². The van der Waals surface area contributed by atoms with Crippen LogP contribution in [0.25, 0.3) is 0 Å².